The van der Waals surface area contributed by atoms with Gasteiger partial charge in [-0.05, 0) is 18.8 Å². The molecule has 0 bridgehead atoms. The Morgan fingerprint density at radius 2 is 1.71 bits per heavy atom. The van der Waals surface area contributed by atoms with E-state index in [2.05, 4.69) is 15.9 Å². The molecule has 0 saturated carbocycles. The zero-order valence-corrected chi connectivity index (χ0v) is 9.87. The molecule has 0 aromatic heterocycles. The average Bonchev–Trinajstić information content (AvgIpc) is 2.03. The van der Waals surface area contributed by atoms with Gasteiger partial charge < -0.3 is 10.2 Å². The number of alkyl halides is 1. The van der Waals surface area contributed by atoms with Crippen LogP contribution in [-0.4, -0.2) is 27.5 Å². The van der Waals surface area contributed by atoms with E-state index >= 15 is 0 Å². The summed E-state index contributed by atoms with van der Waals surface area (Å²) >= 11 is 3.16. The van der Waals surface area contributed by atoms with E-state index in [-0.39, 0.29) is 6.42 Å². The quantitative estimate of drug-likeness (QED) is 0.570. The molecular formula is C9H15BrO4. The normalized spacial score (nSPS) is 11.7. The van der Waals surface area contributed by atoms with E-state index < -0.39 is 23.3 Å². The second-order valence-electron chi connectivity index (χ2n) is 3.53. The molecule has 0 aromatic rings. The molecule has 2 N–H and O–H groups in total. The first-order chi connectivity index (χ1) is 6.39. The zero-order valence-electron chi connectivity index (χ0n) is 8.29. The third kappa shape index (κ3) is 2.47. The molecule has 4 nitrogen and oxygen atoms in total. The van der Waals surface area contributed by atoms with Crippen molar-refractivity contribution in [3.63, 3.8) is 0 Å². The molecule has 0 amide bonds. The number of halogens is 1. The molecule has 0 atom stereocenters. The molecule has 82 valence electrons. The van der Waals surface area contributed by atoms with Gasteiger partial charge in [-0.1, -0.05) is 29.8 Å². The monoisotopic (exact) mass is 266 g/mol. The van der Waals surface area contributed by atoms with Crippen LogP contribution in [0.25, 0.3) is 0 Å². The van der Waals surface area contributed by atoms with E-state index in [1.807, 2.05) is 0 Å². The summed E-state index contributed by atoms with van der Waals surface area (Å²) in [5.74, 6) is -2.92. The van der Waals surface area contributed by atoms with E-state index in [1.54, 1.807) is 13.8 Å². The number of carboxylic acids is 2. The average molecular weight is 267 g/mol. The van der Waals surface area contributed by atoms with Gasteiger partial charge in [-0.25, -0.2) is 0 Å². The fourth-order valence-corrected chi connectivity index (χ4v) is 1.71. The van der Waals surface area contributed by atoms with Gasteiger partial charge in [-0.15, -0.1) is 0 Å². The Kier molecular flexibility index (Phi) is 5.12. The minimum atomic E-state index is -1.65. The Hall–Kier alpha value is -0.580. The highest BCUT2D eigenvalue weighted by atomic mass is 79.9. The SMILES string of the molecule is CC(C)C(CCCBr)(C(=O)O)C(=O)O. The largest absolute Gasteiger partial charge is 0.480 e. The van der Waals surface area contributed by atoms with Gasteiger partial charge in [0.15, 0.2) is 5.41 Å². The van der Waals surface area contributed by atoms with Crippen molar-refractivity contribution in [3.8, 4) is 0 Å². The molecule has 5 heteroatoms. The van der Waals surface area contributed by atoms with Gasteiger partial charge in [0.05, 0.1) is 0 Å². The molecule has 0 aromatic carbocycles. The first-order valence-electron chi connectivity index (χ1n) is 4.42. The lowest BCUT2D eigenvalue weighted by Gasteiger charge is -2.28. The molecule has 0 heterocycles. The highest BCUT2D eigenvalue weighted by molar-refractivity contribution is 9.09. The number of carbonyl (C=O) groups is 2. The number of aliphatic carboxylic acids is 2. The van der Waals surface area contributed by atoms with Gasteiger partial charge in [0.2, 0.25) is 0 Å². The van der Waals surface area contributed by atoms with Crippen LogP contribution in [0.3, 0.4) is 0 Å². The van der Waals surface area contributed by atoms with Crippen molar-refractivity contribution in [2.45, 2.75) is 26.7 Å². The van der Waals surface area contributed by atoms with Crippen LogP contribution in [0.5, 0.6) is 0 Å². The topological polar surface area (TPSA) is 74.6 Å². The molecule has 0 aliphatic carbocycles. The van der Waals surface area contributed by atoms with Crippen LogP contribution in [0.15, 0.2) is 0 Å². The zero-order chi connectivity index (χ0) is 11.4. The van der Waals surface area contributed by atoms with E-state index in [4.69, 9.17) is 10.2 Å². The van der Waals surface area contributed by atoms with Crippen LogP contribution in [0.4, 0.5) is 0 Å². The van der Waals surface area contributed by atoms with Gasteiger partial charge in [-0.2, -0.15) is 0 Å². The fourth-order valence-electron chi connectivity index (χ4n) is 1.43. The standard InChI is InChI=1S/C9H15BrO4/c1-6(2)9(7(11)12,8(13)14)4-3-5-10/h6H,3-5H2,1-2H3,(H,11,12)(H,13,14). The smallest absolute Gasteiger partial charge is 0.321 e. The molecule has 0 aliphatic rings. The van der Waals surface area contributed by atoms with E-state index in [0.29, 0.717) is 11.8 Å². The van der Waals surface area contributed by atoms with Crippen molar-refractivity contribution >= 4 is 27.9 Å². The number of hydrogen-bond acceptors (Lipinski definition) is 2. The van der Waals surface area contributed by atoms with Gasteiger partial charge in [0.25, 0.3) is 0 Å². The third-order valence-electron chi connectivity index (χ3n) is 2.45. The Balaban J connectivity index is 4.95. The summed E-state index contributed by atoms with van der Waals surface area (Å²) in [7, 11) is 0. The van der Waals surface area contributed by atoms with Crippen LogP contribution in [-0.2, 0) is 9.59 Å². The Labute approximate surface area is 91.4 Å². The molecule has 0 radical (unpaired) electrons. The van der Waals surface area contributed by atoms with E-state index in [9.17, 15) is 9.59 Å². The van der Waals surface area contributed by atoms with Gasteiger partial charge >= 0.3 is 11.9 Å². The van der Waals surface area contributed by atoms with Crippen LogP contribution in [0.1, 0.15) is 26.7 Å². The van der Waals surface area contributed by atoms with Crippen LogP contribution in [0, 0.1) is 11.3 Å². The lowest BCUT2D eigenvalue weighted by molar-refractivity contribution is -0.169. The summed E-state index contributed by atoms with van der Waals surface area (Å²) in [4.78, 5) is 22.0. The van der Waals surface area contributed by atoms with Crippen molar-refractivity contribution in [2.75, 3.05) is 5.33 Å². The minimum Gasteiger partial charge on any atom is -0.480 e. The molecule has 0 rings (SSSR count). The predicted octanol–water partition coefficient (Wildman–Crippen LogP) is 1.97. The first kappa shape index (κ1) is 13.4. The number of rotatable bonds is 6. The Bertz CT molecular complexity index is 211. The number of carboxylic acid groups (broad SMARTS) is 2. The molecule has 0 spiro atoms. The Morgan fingerprint density at radius 3 is 1.93 bits per heavy atom. The van der Waals surface area contributed by atoms with Crippen molar-refractivity contribution in [1.82, 2.24) is 0 Å². The third-order valence-corrected chi connectivity index (χ3v) is 3.01. The fraction of sp³-hybridized carbons (Fsp3) is 0.778. The van der Waals surface area contributed by atoms with Gasteiger partial charge in [-0.3, -0.25) is 9.59 Å². The highest BCUT2D eigenvalue weighted by Crippen LogP contribution is 2.34. The van der Waals surface area contributed by atoms with Gasteiger partial charge in [0.1, 0.15) is 0 Å². The molecule has 0 fully saturated rings. The first-order valence-corrected chi connectivity index (χ1v) is 5.54. The van der Waals surface area contributed by atoms with Crippen molar-refractivity contribution in [3.05, 3.63) is 0 Å². The van der Waals surface area contributed by atoms with Crippen molar-refractivity contribution in [1.29, 1.82) is 0 Å². The van der Waals surface area contributed by atoms with Crippen LogP contribution >= 0.6 is 15.9 Å². The van der Waals surface area contributed by atoms with E-state index in [0.717, 1.165) is 0 Å². The summed E-state index contributed by atoms with van der Waals surface area (Å²) in [6.07, 6.45) is 0.692. The predicted molar refractivity (Wildman–Crippen MR) is 55.6 cm³/mol. The summed E-state index contributed by atoms with van der Waals surface area (Å²) in [5.41, 5.74) is -1.65. The van der Waals surface area contributed by atoms with Gasteiger partial charge in [0, 0.05) is 5.33 Å². The van der Waals surface area contributed by atoms with Crippen LogP contribution in [0.2, 0.25) is 0 Å². The molecule has 0 saturated heterocycles. The van der Waals surface area contributed by atoms with Crippen LogP contribution < -0.4 is 0 Å². The maximum absolute atomic E-state index is 11.0. The molecule has 0 aliphatic heterocycles. The maximum Gasteiger partial charge on any atom is 0.321 e. The second-order valence-corrected chi connectivity index (χ2v) is 4.32. The molecule has 14 heavy (non-hydrogen) atoms. The van der Waals surface area contributed by atoms with Crippen molar-refractivity contribution < 1.29 is 19.8 Å². The molecular weight excluding hydrogens is 252 g/mol. The second kappa shape index (κ2) is 5.34. The Morgan fingerprint density at radius 1 is 1.29 bits per heavy atom. The van der Waals surface area contributed by atoms with Crippen molar-refractivity contribution in [2.24, 2.45) is 11.3 Å². The summed E-state index contributed by atoms with van der Waals surface area (Å²) < 4.78 is 0. The molecule has 0 unspecified atom stereocenters. The minimum absolute atomic E-state index is 0.153. The summed E-state index contributed by atoms with van der Waals surface area (Å²) in [6.45, 7) is 3.24. The summed E-state index contributed by atoms with van der Waals surface area (Å²) in [6, 6.07) is 0. The number of hydrogen-bond donors (Lipinski definition) is 2. The van der Waals surface area contributed by atoms with E-state index in [1.165, 1.54) is 0 Å². The summed E-state index contributed by atoms with van der Waals surface area (Å²) in [5, 5.41) is 18.6. The lowest BCUT2D eigenvalue weighted by Crippen LogP contribution is -2.44. The lowest BCUT2D eigenvalue weighted by atomic mass is 9.74. The maximum atomic E-state index is 11.0. The highest BCUT2D eigenvalue weighted by Gasteiger charge is 2.48.